The van der Waals surface area contributed by atoms with Crippen molar-refractivity contribution in [3.63, 3.8) is 0 Å². The smallest absolute Gasteiger partial charge is 0.352 e. The minimum Gasteiger partial charge on any atom is -0.352 e. The van der Waals surface area contributed by atoms with Crippen LogP contribution in [-0.4, -0.2) is 34.4 Å². The zero-order valence-corrected chi connectivity index (χ0v) is 19.0. The van der Waals surface area contributed by atoms with Crippen molar-refractivity contribution >= 4 is 28.9 Å². The van der Waals surface area contributed by atoms with E-state index in [-0.39, 0.29) is 17.5 Å². The molecule has 10 heteroatoms. The first kappa shape index (κ1) is 21.8. The van der Waals surface area contributed by atoms with Gasteiger partial charge < -0.3 is 10.6 Å². The van der Waals surface area contributed by atoms with E-state index in [9.17, 15) is 18.0 Å². The van der Waals surface area contributed by atoms with Crippen LogP contribution in [0.5, 0.6) is 0 Å². The topological polar surface area (TPSA) is 70.1 Å². The number of benzene rings is 1. The first-order chi connectivity index (χ1) is 15.7. The number of amides is 1. The van der Waals surface area contributed by atoms with Gasteiger partial charge in [0.1, 0.15) is 5.56 Å². The number of aromatic nitrogens is 2. The Balaban J connectivity index is 1.56. The maximum Gasteiger partial charge on any atom is 0.420 e. The van der Waals surface area contributed by atoms with Crippen LogP contribution in [0, 0.1) is 0 Å². The fourth-order valence-electron chi connectivity index (χ4n) is 4.35. The van der Waals surface area contributed by atoms with Crippen molar-refractivity contribution in [2.45, 2.75) is 39.0 Å². The molecule has 1 amide bonds. The summed E-state index contributed by atoms with van der Waals surface area (Å²) < 4.78 is 41.3. The highest BCUT2D eigenvalue weighted by atomic mass is 32.1. The molecule has 0 fully saturated rings. The van der Waals surface area contributed by atoms with Crippen LogP contribution in [0.1, 0.15) is 44.4 Å². The molecule has 0 saturated carbocycles. The molecule has 4 heterocycles. The monoisotopic (exact) mass is 473 g/mol. The van der Waals surface area contributed by atoms with Gasteiger partial charge >= 0.3 is 6.18 Å². The van der Waals surface area contributed by atoms with Crippen LogP contribution < -0.4 is 10.6 Å². The molecule has 2 aliphatic heterocycles. The molecule has 2 aliphatic rings. The first-order valence-electron chi connectivity index (χ1n) is 10.7. The van der Waals surface area contributed by atoms with E-state index in [4.69, 9.17) is 0 Å². The Morgan fingerprint density at radius 3 is 2.67 bits per heavy atom. The fourth-order valence-corrected chi connectivity index (χ4v) is 5.51. The predicted molar refractivity (Wildman–Crippen MR) is 121 cm³/mol. The summed E-state index contributed by atoms with van der Waals surface area (Å²) in [6, 6.07) is 5.67. The third kappa shape index (κ3) is 4.08. The van der Waals surface area contributed by atoms with Crippen LogP contribution in [0.15, 0.2) is 24.4 Å². The summed E-state index contributed by atoms with van der Waals surface area (Å²) >= 11 is 1.18. The Morgan fingerprint density at radius 1 is 1.21 bits per heavy atom. The molecule has 0 saturated heterocycles. The highest BCUT2D eigenvalue weighted by molar-refractivity contribution is 7.15. The number of anilines is 2. The van der Waals surface area contributed by atoms with Crippen molar-refractivity contribution in [3.8, 4) is 10.6 Å². The van der Waals surface area contributed by atoms with Crippen molar-refractivity contribution < 1.29 is 18.0 Å². The van der Waals surface area contributed by atoms with E-state index in [0.29, 0.717) is 23.4 Å². The summed E-state index contributed by atoms with van der Waals surface area (Å²) in [7, 11) is 2.05. The second-order valence-electron chi connectivity index (χ2n) is 8.34. The Kier molecular flexibility index (Phi) is 5.37. The van der Waals surface area contributed by atoms with Gasteiger partial charge in [0.05, 0.1) is 16.1 Å². The van der Waals surface area contributed by atoms with Gasteiger partial charge in [-0.25, -0.2) is 9.97 Å². The molecular weight excluding hydrogens is 451 g/mol. The number of hydrogen-bond acceptors (Lipinski definition) is 6. The van der Waals surface area contributed by atoms with E-state index in [1.807, 2.05) is 20.0 Å². The zero-order chi connectivity index (χ0) is 23.3. The van der Waals surface area contributed by atoms with Gasteiger partial charge in [0.25, 0.3) is 5.91 Å². The normalized spacial score (nSPS) is 15.8. The lowest BCUT2D eigenvalue weighted by Crippen LogP contribution is -2.30. The number of halogens is 3. The molecule has 0 radical (unpaired) electrons. The fraction of sp³-hybridized carbons (Fsp3) is 0.348. The summed E-state index contributed by atoms with van der Waals surface area (Å²) in [4.78, 5) is 23.7. The third-order valence-corrected chi connectivity index (χ3v) is 7.15. The molecule has 3 aromatic rings. The van der Waals surface area contributed by atoms with Gasteiger partial charge in [-0.05, 0) is 48.7 Å². The number of hydrogen-bond donors (Lipinski definition) is 2. The largest absolute Gasteiger partial charge is 0.420 e. The number of carbonyl (C=O) groups is 1. The predicted octanol–water partition coefficient (Wildman–Crippen LogP) is 4.76. The molecule has 0 unspecified atom stereocenters. The lowest BCUT2D eigenvalue weighted by Gasteiger charge is -2.15. The van der Waals surface area contributed by atoms with Crippen molar-refractivity contribution in [1.29, 1.82) is 0 Å². The Morgan fingerprint density at radius 2 is 1.97 bits per heavy atom. The van der Waals surface area contributed by atoms with Crippen LogP contribution in [0.25, 0.3) is 10.6 Å². The number of alkyl halides is 3. The maximum absolute atomic E-state index is 13.8. The lowest BCUT2D eigenvalue weighted by atomic mass is 10.0. The molecule has 172 valence electrons. The van der Waals surface area contributed by atoms with E-state index in [1.54, 1.807) is 0 Å². The van der Waals surface area contributed by atoms with E-state index >= 15 is 0 Å². The number of fused-ring (bicyclic) bond motifs is 2. The number of thiophene rings is 1. The van der Waals surface area contributed by atoms with Crippen molar-refractivity contribution in [3.05, 3.63) is 57.1 Å². The summed E-state index contributed by atoms with van der Waals surface area (Å²) in [6.45, 7) is 4.20. The SMILES string of the molecule is CCc1cc2c(cc1Nc1ncc(C(F)(F)F)c(-c3cc4c(s3)CCNC4=O)n1)CN(C)C2. The summed E-state index contributed by atoms with van der Waals surface area (Å²) in [5.41, 5.74) is 3.57. The second kappa shape index (κ2) is 8.11. The summed E-state index contributed by atoms with van der Waals surface area (Å²) in [5.74, 6) is -0.176. The zero-order valence-electron chi connectivity index (χ0n) is 18.1. The van der Waals surface area contributed by atoms with Gasteiger partial charge in [0.2, 0.25) is 5.95 Å². The first-order valence-corrected chi connectivity index (χ1v) is 11.5. The van der Waals surface area contributed by atoms with E-state index < -0.39 is 11.7 Å². The molecular formula is C23H22F3N5OS. The number of carbonyl (C=O) groups excluding carboxylic acids is 1. The minimum absolute atomic E-state index is 0.0924. The number of nitrogens with zero attached hydrogens (tertiary/aromatic N) is 3. The number of nitrogens with one attached hydrogen (secondary N) is 2. The minimum atomic E-state index is -4.62. The molecule has 6 nitrogen and oxygen atoms in total. The Hall–Kier alpha value is -2.98. The Bertz CT molecular complexity index is 1250. The van der Waals surface area contributed by atoms with Gasteiger partial charge in [-0.1, -0.05) is 13.0 Å². The van der Waals surface area contributed by atoms with Crippen LogP contribution in [0.4, 0.5) is 24.8 Å². The molecule has 0 spiro atoms. The average molecular weight is 474 g/mol. The molecule has 5 rings (SSSR count). The Labute approximate surface area is 192 Å². The van der Waals surface area contributed by atoms with Gasteiger partial charge in [-0.3, -0.25) is 9.69 Å². The highest BCUT2D eigenvalue weighted by Gasteiger charge is 2.36. The van der Waals surface area contributed by atoms with Gasteiger partial charge in [0.15, 0.2) is 0 Å². The third-order valence-electron chi connectivity index (χ3n) is 5.95. The maximum atomic E-state index is 13.8. The quantitative estimate of drug-likeness (QED) is 0.572. The van der Waals surface area contributed by atoms with Crippen LogP contribution in [-0.2, 0) is 32.1 Å². The molecule has 1 aromatic carbocycles. The molecule has 33 heavy (non-hydrogen) atoms. The van der Waals surface area contributed by atoms with Crippen LogP contribution in [0.2, 0.25) is 0 Å². The number of rotatable bonds is 4. The molecule has 0 bridgehead atoms. The van der Waals surface area contributed by atoms with Gasteiger partial charge in [-0.15, -0.1) is 11.3 Å². The van der Waals surface area contributed by atoms with Crippen molar-refractivity contribution in [2.24, 2.45) is 0 Å². The van der Waals surface area contributed by atoms with E-state index in [1.165, 1.54) is 28.5 Å². The van der Waals surface area contributed by atoms with Gasteiger partial charge in [-0.2, -0.15) is 13.2 Å². The molecule has 0 aliphatic carbocycles. The van der Waals surface area contributed by atoms with E-state index in [2.05, 4.69) is 31.6 Å². The lowest BCUT2D eigenvalue weighted by molar-refractivity contribution is -0.137. The van der Waals surface area contributed by atoms with Crippen LogP contribution >= 0.6 is 11.3 Å². The second-order valence-corrected chi connectivity index (χ2v) is 9.47. The average Bonchev–Trinajstić information content (AvgIpc) is 3.35. The molecule has 2 N–H and O–H groups in total. The molecule has 2 aromatic heterocycles. The summed E-state index contributed by atoms with van der Waals surface area (Å²) in [6.07, 6.45) is -2.45. The van der Waals surface area contributed by atoms with Gasteiger partial charge in [0, 0.05) is 36.4 Å². The highest BCUT2D eigenvalue weighted by Crippen LogP contribution is 2.40. The number of aryl methyl sites for hydroxylation is 1. The van der Waals surface area contributed by atoms with Crippen LogP contribution in [0.3, 0.4) is 0 Å². The van der Waals surface area contributed by atoms with Crippen molar-refractivity contribution in [1.82, 2.24) is 20.2 Å². The summed E-state index contributed by atoms with van der Waals surface area (Å²) in [5, 5.41) is 5.87. The van der Waals surface area contributed by atoms with E-state index in [0.717, 1.165) is 41.8 Å². The van der Waals surface area contributed by atoms with Crippen molar-refractivity contribution in [2.75, 3.05) is 18.9 Å². The molecule has 0 atom stereocenters. The standard InChI is InChI=1S/C23H22F3N5OS/c1-3-12-6-13-10-31(2)11-14(13)7-17(12)29-22-28-9-16(23(24,25)26)20(30-22)19-8-15-18(33-19)4-5-27-21(15)32/h6-9H,3-5,10-11H2,1-2H3,(H,27,32)(H,28,29,30).